The number of nitrogens with zero attached hydrogens (tertiary/aromatic N) is 1. The Morgan fingerprint density at radius 3 is 1.94 bits per heavy atom. The van der Waals surface area contributed by atoms with Gasteiger partial charge in [-0.15, -0.1) is 0 Å². The summed E-state index contributed by atoms with van der Waals surface area (Å²) in [5, 5.41) is 2.24. The van der Waals surface area contributed by atoms with Gasteiger partial charge in [-0.1, -0.05) is 0 Å². The molecule has 16 heavy (non-hydrogen) atoms. The van der Waals surface area contributed by atoms with Crippen LogP contribution >= 0.6 is 0 Å². The second-order valence-electron chi connectivity index (χ2n) is 2.84. The van der Waals surface area contributed by atoms with Crippen LogP contribution in [0.4, 0.5) is 32.2 Å². The van der Waals surface area contributed by atoms with E-state index in [0.29, 0.717) is 6.07 Å². The summed E-state index contributed by atoms with van der Waals surface area (Å²) in [6, 6.07) is 1.18. The van der Waals surface area contributed by atoms with E-state index in [1.165, 1.54) is 7.05 Å². The lowest BCUT2D eigenvalue weighted by atomic mass is 10.1. The molecule has 0 aliphatic rings. The van der Waals surface area contributed by atoms with Crippen LogP contribution in [-0.4, -0.2) is 12.0 Å². The lowest BCUT2D eigenvalue weighted by Gasteiger charge is -2.15. The van der Waals surface area contributed by atoms with Gasteiger partial charge in [0.1, 0.15) is 5.82 Å². The minimum Gasteiger partial charge on any atom is -0.373 e. The van der Waals surface area contributed by atoms with E-state index in [9.17, 15) is 26.3 Å². The summed E-state index contributed by atoms with van der Waals surface area (Å²) in [7, 11) is 1.26. The molecule has 0 aliphatic heterocycles. The van der Waals surface area contributed by atoms with Crippen molar-refractivity contribution < 1.29 is 26.3 Å². The third-order valence-corrected chi connectivity index (χ3v) is 1.73. The Bertz CT molecular complexity index is 381. The summed E-state index contributed by atoms with van der Waals surface area (Å²) in [6.07, 6.45) is -10.2. The number of hydrogen-bond acceptors (Lipinski definition) is 2. The van der Waals surface area contributed by atoms with E-state index >= 15 is 0 Å². The average Bonchev–Trinajstić information content (AvgIpc) is 2.14. The van der Waals surface area contributed by atoms with E-state index in [-0.39, 0.29) is 5.82 Å². The zero-order chi connectivity index (χ0) is 12.6. The molecule has 90 valence electrons. The fourth-order valence-electron chi connectivity index (χ4n) is 1.04. The Morgan fingerprint density at radius 1 is 1.00 bits per heavy atom. The zero-order valence-corrected chi connectivity index (χ0v) is 7.87. The molecule has 1 aromatic rings. The van der Waals surface area contributed by atoms with Crippen LogP contribution in [0.1, 0.15) is 11.3 Å². The molecule has 0 fully saturated rings. The quantitative estimate of drug-likeness (QED) is 0.767. The van der Waals surface area contributed by atoms with Crippen molar-refractivity contribution in [2.24, 2.45) is 0 Å². The van der Waals surface area contributed by atoms with Gasteiger partial charge in [-0.2, -0.15) is 26.3 Å². The summed E-state index contributed by atoms with van der Waals surface area (Å²) >= 11 is 0. The highest BCUT2D eigenvalue weighted by Gasteiger charge is 2.44. The van der Waals surface area contributed by atoms with Crippen molar-refractivity contribution >= 4 is 5.82 Å². The van der Waals surface area contributed by atoms with Crippen LogP contribution in [0, 0.1) is 0 Å². The summed E-state index contributed by atoms with van der Waals surface area (Å²) < 4.78 is 73.7. The number of aromatic nitrogens is 1. The van der Waals surface area contributed by atoms with Crippen molar-refractivity contribution in [1.82, 2.24) is 4.98 Å². The zero-order valence-electron chi connectivity index (χ0n) is 7.87. The van der Waals surface area contributed by atoms with Crippen molar-refractivity contribution in [2.45, 2.75) is 12.4 Å². The van der Waals surface area contributed by atoms with Crippen LogP contribution in [0.5, 0.6) is 0 Å². The number of pyridine rings is 1. The first-order valence-corrected chi connectivity index (χ1v) is 3.99. The molecule has 1 heterocycles. The molecular formula is C8H6F6N2. The van der Waals surface area contributed by atoms with E-state index in [1.807, 2.05) is 0 Å². The van der Waals surface area contributed by atoms with Gasteiger partial charge in [0.2, 0.25) is 0 Å². The molecule has 1 aromatic heterocycles. The topological polar surface area (TPSA) is 24.9 Å². The number of rotatable bonds is 1. The van der Waals surface area contributed by atoms with Crippen LogP contribution in [0.25, 0.3) is 0 Å². The molecule has 0 saturated carbocycles. The van der Waals surface area contributed by atoms with Crippen LogP contribution < -0.4 is 5.32 Å². The molecule has 0 radical (unpaired) electrons. The highest BCUT2D eigenvalue weighted by Crippen LogP contribution is 2.39. The van der Waals surface area contributed by atoms with E-state index in [1.54, 1.807) is 0 Å². The lowest BCUT2D eigenvalue weighted by Crippen LogP contribution is -2.19. The number of halogens is 6. The third-order valence-electron chi connectivity index (χ3n) is 1.73. The monoisotopic (exact) mass is 244 g/mol. The first-order valence-electron chi connectivity index (χ1n) is 3.99. The van der Waals surface area contributed by atoms with E-state index < -0.39 is 23.6 Å². The summed E-state index contributed by atoms with van der Waals surface area (Å²) in [5.41, 5.74) is -3.73. The van der Waals surface area contributed by atoms with Crippen molar-refractivity contribution in [3.8, 4) is 0 Å². The van der Waals surface area contributed by atoms with Crippen LogP contribution in [0.3, 0.4) is 0 Å². The van der Waals surface area contributed by atoms with Gasteiger partial charge in [0, 0.05) is 7.05 Å². The minimum absolute atomic E-state index is 0.277. The van der Waals surface area contributed by atoms with E-state index in [2.05, 4.69) is 10.3 Å². The van der Waals surface area contributed by atoms with Crippen molar-refractivity contribution in [3.63, 3.8) is 0 Å². The van der Waals surface area contributed by atoms with E-state index in [0.717, 1.165) is 6.07 Å². The molecule has 2 nitrogen and oxygen atoms in total. The molecule has 0 atom stereocenters. The predicted molar refractivity (Wildman–Crippen MR) is 43.8 cm³/mol. The normalized spacial score (nSPS) is 12.7. The number of hydrogen-bond donors (Lipinski definition) is 1. The maximum Gasteiger partial charge on any atom is 0.434 e. The van der Waals surface area contributed by atoms with Gasteiger partial charge in [0.25, 0.3) is 0 Å². The standard InChI is InChI=1S/C8H6F6N2/c1-15-5-3-2-4(7(9,10)11)6(16-5)8(12,13)14/h2-3H,1H3,(H,15,16). The van der Waals surface area contributed by atoms with Crippen LogP contribution in [0.2, 0.25) is 0 Å². The molecule has 8 heteroatoms. The predicted octanol–water partition coefficient (Wildman–Crippen LogP) is 3.16. The van der Waals surface area contributed by atoms with Gasteiger partial charge >= 0.3 is 12.4 Å². The van der Waals surface area contributed by atoms with Crippen molar-refractivity contribution in [1.29, 1.82) is 0 Å². The summed E-state index contributed by atoms with van der Waals surface area (Å²) in [4.78, 5) is 2.87. The Balaban J connectivity index is 3.40. The molecule has 0 unspecified atom stereocenters. The van der Waals surface area contributed by atoms with Crippen LogP contribution in [-0.2, 0) is 12.4 Å². The fraction of sp³-hybridized carbons (Fsp3) is 0.375. The van der Waals surface area contributed by atoms with Gasteiger partial charge in [-0.25, -0.2) is 4.98 Å². The second-order valence-corrected chi connectivity index (χ2v) is 2.84. The molecule has 1 rings (SSSR count). The van der Waals surface area contributed by atoms with Gasteiger partial charge < -0.3 is 5.32 Å². The Morgan fingerprint density at radius 2 is 1.56 bits per heavy atom. The average molecular weight is 244 g/mol. The molecule has 1 N–H and O–H groups in total. The summed E-state index contributed by atoms with van der Waals surface area (Å²) in [6.45, 7) is 0. The summed E-state index contributed by atoms with van der Waals surface area (Å²) in [5.74, 6) is -0.277. The Kier molecular flexibility index (Phi) is 3.02. The Hall–Kier alpha value is -1.47. The molecule has 0 bridgehead atoms. The first kappa shape index (κ1) is 12.6. The minimum atomic E-state index is -5.14. The van der Waals surface area contributed by atoms with Crippen molar-refractivity contribution in [2.75, 3.05) is 12.4 Å². The van der Waals surface area contributed by atoms with Crippen LogP contribution in [0.15, 0.2) is 12.1 Å². The second kappa shape index (κ2) is 3.84. The highest BCUT2D eigenvalue weighted by molar-refractivity contribution is 5.40. The van der Waals surface area contributed by atoms with Gasteiger partial charge in [0.05, 0.1) is 5.56 Å². The molecule has 0 amide bonds. The number of anilines is 1. The van der Waals surface area contributed by atoms with Gasteiger partial charge in [0.15, 0.2) is 5.69 Å². The number of alkyl halides is 6. The maximum atomic E-state index is 12.3. The Labute approximate surface area is 86.3 Å². The van der Waals surface area contributed by atoms with E-state index in [4.69, 9.17) is 0 Å². The SMILES string of the molecule is CNc1ccc(C(F)(F)F)c(C(F)(F)F)n1. The number of nitrogens with one attached hydrogen (secondary N) is 1. The third kappa shape index (κ3) is 2.56. The largest absolute Gasteiger partial charge is 0.434 e. The molecular weight excluding hydrogens is 238 g/mol. The first-order chi connectivity index (χ1) is 7.16. The highest BCUT2D eigenvalue weighted by atomic mass is 19.4. The molecule has 0 aliphatic carbocycles. The van der Waals surface area contributed by atoms with Gasteiger partial charge in [-0.3, -0.25) is 0 Å². The molecule has 0 spiro atoms. The van der Waals surface area contributed by atoms with Crippen molar-refractivity contribution in [3.05, 3.63) is 23.4 Å². The lowest BCUT2D eigenvalue weighted by molar-refractivity contribution is -0.164. The smallest absolute Gasteiger partial charge is 0.373 e. The molecule has 0 aromatic carbocycles. The molecule has 0 saturated heterocycles. The fourth-order valence-corrected chi connectivity index (χ4v) is 1.04. The maximum absolute atomic E-state index is 12.3. The van der Waals surface area contributed by atoms with Gasteiger partial charge in [-0.05, 0) is 12.1 Å².